The maximum Gasteiger partial charge on any atom is 0.165 e. The van der Waals surface area contributed by atoms with Crippen LogP contribution < -0.4 is 10.1 Å². The first-order valence-electron chi connectivity index (χ1n) is 6.64. The van der Waals surface area contributed by atoms with Crippen molar-refractivity contribution in [2.45, 2.75) is 32.9 Å². The molecule has 5 heteroatoms. The van der Waals surface area contributed by atoms with Crippen molar-refractivity contribution in [2.24, 2.45) is 0 Å². The van der Waals surface area contributed by atoms with Crippen LogP contribution in [0.15, 0.2) is 24.4 Å². The molecule has 0 saturated carbocycles. The van der Waals surface area contributed by atoms with E-state index in [1.807, 2.05) is 19.2 Å². The molecular weight excluding hydrogens is 275 g/mol. The Bertz CT molecular complexity index is 571. The average molecular weight is 294 g/mol. The summed E-state index contributed by atoms with van der Waals surface area (Å²) >= 11 is 1.71. The Kier molecular flexibility index (Phi) is 5.09. The number of nitrogens with one attached hydrogen (secondary N) is 1. The predicted octanol–water partition coefficient (Wildman–Crippen LogP) is 3.70. The van der Waals surface area contributed by atoms with Crippen molar-refractivity contribution in [2.75, 3.05) is 7.11 Å². The van der Waals surface area contributed by atoms with Gasteiger partial charge in [-0.2, -0.15) is 0 Å². The summed E-state index contributed by atoms with van der Waals surface area (Å²) in [7, 11) is 1.47. The second kappa shape index (κ2) is 6.81. The van der Waals surface area contributed by atoms with E-state index in [1.54, 1.807) is 17.4 Å². The van der Waals surface area contributed by atoms with Gasteiger partial charge in [0, 0.05) is 23.7 Å². The highest BCUT2D eigenvalue weighted by Gasteiger charge is 2.10. The number of nitrogens with zero attached hydrogens (tertiary/aromatic N) is 1. The molecule has 1 heterocycles. The molecule has 0 fully saturated rings. The Morgan fingerprint density at radius 2 is 2.25 bits per heavy atom. The summed E-state index contributed by atoms with van der Waals surface area (Å²) in [6.07, 6.45) is 2.93. The quantitative estimate of drug-likeness (QED) is 0.882. The largest absolute Gasteiger partial charge is 0.494 e. The van der Waals surface area contributed by atoms with Crippen LogP contribution in [-0.2, 0) is 13.0 Å². The van der Waals surface area contributed by atoms with Crippen molar-refractivity contribution in [1.29, 1.82) is 0 Å². The minimum absolute atomic E-state index is 0.0596. The molecule has 0 aliphatic carbocycles. The van der Waals surface area contributed by atoms with Gasteiger partial charge in [-0.1, -0.05) is 13.0 Å². The molecular formula is C15H19FN2OS. The zero-order valence-electron chi connectivity index (χ0n) is 11.9. The topological polar surface area (TPSA) is 34.2 Å². The average Bonchev–Trinajstić information content (AvgIpc) is 2.92. The molecule has 1 atom stereocenters. The van der Waals surface area contributed by atoms with Crippen LogP contribution in [0, 0.1) is 5.82 Å². The van der Waals surface area contributed by atoms with Crippen LogP contribution in [0.1, 0.15) is 35.3 Å². The summed E-state index contributed by atoms with van der Waals surface area (Å²) in [6.45, 7) is 4.82. The van der Waals surface area contributed by atoms with Crippen molar-refractivity contribution in [3.8, 4) is 5.75 Å². The molecule has 1 aromatic heterocycles. The lowest BCUT2D eigenvalue weighted by molar-refractivity contribution is 0.385. The van der Waals surface area contributed by atoms with Gasteiger partial charge in [-0.25, -0.2) is 9.37 Å². The fourth-order valence-corrected chi connectivity index (χ4v) is 2.72. The van der Waals surface area contributed by atoms with Crippen molar-refractivity contribution < 1.29 is 9.13 Å². The van der Waals surface area contributed by atoms with Gasteiger partial charge < -0.3 is 10.1 Å². The number of hydrogen-bond donors (Lipinski definition) is 1. The minimum Gasteiger partial charge on any atom is -0.494 e. The number of aryl methyl sites for hydroxylation is 1. The van der Waals surface area contributed by atoms with E-state index in [-0.39, 0.29) is 17.6 Å². The van der Waals surface area contributed by atoms with Crippen LogP contribution in [0.3, 0.4) is 0 Å². The fraction of sp³-hybridized carbons (Fsp3) is 0.400. The number of ether oxygens (including phenoxy) is 1. The van der Waals surface area contributed by atoms with E-state index in [0.717, 1.165) is 17.0 Å². The first-order chi connectivity index (χ1) is 9.63. The van der Waals surface area contributed by atoms with Gasteiger partial charge in [-0.3, -0.25) is 0 Å². The smallest absolute Gasteiger partial charge is 0.165 e. The SMILES string of the molecule is CCc1cnc(CNC(C)c2ccc(OC)c(F)c2)s1. The number of hydrogen-bond acceptors (Lipinski definition) is 4. The van der Waals surface area contributed by atoms with E-state index in [2.05, 4.69) is 17.2 Å². The fourth-order valence-electron chi connectivity index (χ4n) is 1.90. The lowest BCUT2D eigenvalue weighted by atomic mass is 10.1. The second-order valence-electron chi connectivity index (χ2n) is 4.57. The van der Waals surface area contributed by atoms with E-state index in [1.165, 1.54) is 18.1 Å². The Morgan fingerprint density at radius 3 is 2.85 bits per heavy atom. The van der Waals surface area contributed by atoms with Crippen LogP contribution in [0.2, 0.25) is 0 Å². The van der Waals surface area contributed by atoms with Crippen molar-refractivity contribution in [3.05, 3.63) is 45.7 Å². The molecule has 108 valence electrons. The summed E-state index contributed by atoms with van der Waals surface area (Å²) in [4.78, 5) is 5.64. The van der Waals surface area contributed by atoms with Crippen molar-refractivity contribution >= 4 is 11.3 Å². The van der Waals surface area contributed by atoms with Crippen molar-refractivity contribution in [1.82, 2.24) is 10.3 Å². The monoisotopic (exact) mass is 294 g/mol. The number of thiazole rings is 1. The number of methoxy groups -OCH3 is 1. The molecule has 0 aliphatic heterocycles. The molecule has 2 aromatic rings. The Labute approximate surface area is 122 Å². The van der Waals surface area contributed by atoms with E-state index in [9.17, 15) is 4.39 Å². The molecule has 0 saturated heterocycles. The highest BCUT2D eigenvalue weighted by molar-refractivity contribution is 7.11. The lowest BCUT2D eigenvalue weighted by Gasteiger charge is -2.14. The van der Waals surface area contributed by atoms with E-state index in [4.69, 9.17) is 4.74 Å². The predicted molar refractivity (Wildman–Crippen MR) is 79.7 cm³/mol. The van der Waals surface area contributed by atoms with Gasteiger partial charge in [0.05, 0.1) is 7.11 Å². The molecule has 0 radical (unpaired) electrons. The standard InChI is InChI=1S/C15H19FN2OS/c1-4-12-8-18-15(20-12)9-17-10(2)11-5-6-14(19-3)13(16)7-11/h5-8,10,17H,4,9H2,1-3H3. The Hall–Kier alpha value is -1.46. The zero-order chi connectivity index (χ0) is 14.5. The third-order valence-electron chi connectivity index (χ3n) is 3.19. The first kappa shape index (κ1) is 14.9. The van der Waals surface area contributed by atoms with Crippen LogP contribution >= 0.6 is 11.3 Å². The number of halogens is 1. The van der Waals surface area contributed by atoms with E-state index in [0.29, 0.717) is 6.54 Å². The summed E-state index contributed by atoms with van der Waals surface area (Å²) in [5, 5.41) is 4.42. The lowest BCUT2D eigenvalue weighted by Crippen LogP contribution is -2.18. The molecule has 20 heavy (non-hydrogen) atoms. The minimum atomic E-state index is -0.332. The molecule has 1 N–H and O–H groups in total. The Balaban J connectivity index is 1.97. The summed E-state index contributed by atoms with van der Waals surface area (Å²) < 4.78 is 18.6. The van der Waals surface area contributed by atoms with Gasteiger partial charge in [0.25, 0.3) is 0 Å². The van der Waals surface area contributed by atoms with Crippen LogP contribution in [0.25, 0.3) is 0 Å². The van der Waals surface area contributed by atoms with Gasteiger partial charge >= 0.3 is 0 Å². The second-order valence-corrected chi connectivity index (χ2v) is 5.77. The molecule has 0 amide bonds. The van der Waals surface area contributed by atoms with E-state index >= 15 is 0 Å². The van der Waals surface area contributed by atoms with E-state index < -0.39 is 0 Å². The van der Waals surface area contributed by atoms with Gasteiger partial charge in [-0.05, 0) is 31.0 Å². The van der Waals surface area contributed by atoms with Gasteiger partial charge in [0.1, 0.15) is 5.01 Å². The molecule has 0 bridgehead atoms. The van der Waals surface area contributed by atoms with Gasteiger partial charge in [-0.15, -0.1) is 11.3 Å². The maximum absolute atomic E-state index is 13.7. The first-order valence-corrected chi connectivity index (χ1v) is 7.46. The zero-order valence-corrected chi connectivity index (χ0v) is 12.8. The third-order valence-corrected chi connectivity index (χ3v) is 4.33. The number of aromatic nitrogens is 1. The normalized spacial score (nSPS) is 12.4. The maximum atomic E-state index is 13.7. The number of rotatable bonds is 6. The van der Waals surface area contributed by atoms with Gasteiger partial charge in [0.2, 0.25) is 0 Å². The molecule has 3 nitrogen and oxygen atoms in total. The summed E-state index contributed by atoms with van der Waals surface area (Å²) in [6, 6.07) is 5.10. The number of benzene rings is 1. The van der Waals surface area contributed by atoms with Crippen LogP contribution in [-0.4, -0.2) is 12.1 Å². The molecule has 1 aromatic carbocycles. The highest BCUT2D eigenvalue weighted by Crippen LogP contribution is 2.22. The van der Waals surface area contributed by atoms with Crippen LogP contribution in [0.4, 0.5) is 4.39 Å². The molecule has 0 aliphatic rings. The third kappa shape index (κ3) is 3.55. The van der Waals surface area contributed by atoms with Gasteiger partial charge in [0.15, 0.2) is 11.6 Å². The van der Waals surface area contributed by atoms with Crippen LogP contribution in [0.5, 0.6) is 5.75 Å². The van der Waals surface area contributed by atoms with Crippen molar-refractivity contribution in [3.63, 3.8) is 0 Å². The molecule has 0 spiro atoms. The Morgan fingerprint density at radius 1 is 1.45 bits per heavy atom. The highest BCUT2D eigenvalue weighted by atomic mass is 32.1. The summed E-state index contributed by atoms with van der Waals surface area (Å²) in [5.41, 5.74) is 0.899. The summed E-state index contributed by atoms with van der Waals surface area (Å²) in [5.74, 6) is -0.0605. The molecule has 1 unspecified atom stereocenters. The molecule has 2 rings (SSSR count).